The molecule has 96 valence electrons. The number of aryl methyl sites for hydroxylation is 1. The molecule has 0 aromatic carbocycles. The quantitative estimate of drug-likeness (QED) is 0.845. The zero-order valence-corrected chi connectivity index (χ0v) is 11.6. The minimum Gasteiger partial charge on any atom is -0.327 e. The second-order valence-corrected chi connectivity index (χ2v) is 6.06. The zero-order valence-electron chi connectivity index (χ0n) is 10.7. The molecule has 2 atom stereocenters. The molecule has 1 aliphatic rings. The number of thiophene rings is 1. The Morgan fingerprint density at radius 3 is 3.00 bits per heavy atom. The predicted octanol–water partition coefficient (Wildman–Crippen LogP) is 2.92. The summed E-state index contributed by atoms with van der Waals surface area (Å²) >= 11 is 1.87. The summed E-state index contributed by atoms with van der Waals surface area (Å²) in [6.45, 7) is 4.33. The Kier molecular flexibility index (Phi) is 5.01. The molecule has 0 amide bonds. The summed E-state index contributed by atoms with van der Waals surface area (Å²) < 4.78 is 0. The molecule has 0 aliphatic heterocycles. The molecule has 1 aliphatic carbocycles. The normalized spacial score (nSPS) is 25.1. The van der Waals surface area contributed by atoms with Gasteiger partial charge in [-0.2, -0.15) is 0 Å². The SMILES string of the molecule is CCc1ccsc1CNCC1CCCCC1N. The number of nitrogens with two attached hydrogens (primary N) is 1. The Morgan fingerprint density at radius 2 is 2.24 bits per heavy atom. The minimum atomic E-state index is 0.422. The molecule has 1 saturated carbocycles. The summed E-state index contributed by atoms with van der Waals surface area (Å²) in [5.74, 6) is 0.689. The monoisotopic (exact) mass is 252 g/mol. The van der Waals surface area contributed by atoms with Gasteiger partial charge in [0.05, 0.1) is 0 Å². The van der Waals surface area contributed by atoms with Gasteiger partial charge in [-0.1, -0.05) is 19.8 Å². The van der Waals surface area contributed by atoms with E-state index < -0.39 is 0 Å². The molecule has 0 bridgehead atoms. The molecule has 1 aromatic rings. The third-order valence-electron chi connectivity index (χ3n) is 3.88. The standard InChI is InChI=1S/C14H24N2S/c1-2-11-7-8-17-14(11)10-16-9-12-5-3-4-6-13(12)15/h7-8,12-13,16H,2-6,9-10,15H2,1H3. The van der Waals surface area contributed by atoms with Crippen LogP contribution in [0.3, 0.4) is 0 Å². The van der Waals surface area contributed by atoms with Gasteiger partial charge in [-0.15, -0.1) is 11.3 Å². The summed E-state index contributed by atoms with van der Waals surface area (Å²) in [4.78, 5) is 1.50. The van der Waals surface area contributed by atoms with E-state index in [0.29, 0.717) is 12.0 Å². The minimum absolute atomic E-state index is 0.422. The number of hydrogen-bond acceptors (Lipinski definition) is 3. The van der Waals surface area contributed by atoms with Crippen LogP contribution < -0.4 is 11.1 Å². The summed E-state index contributed by atoms with van der Waals surface area (Å²) in [5, 5.41) is 5.79. The summed E-state index contributed by atoms with van der Waals surface area (Å²) in [6, 6.07) is 2.67. The number of hydrogen-bond donors (Lipinski definition) is 2. The molecule has 1 heterocycles. The van der Waals surface area contributed by atoms with Crippen molar-refractivity contribution in [3.05, 3.63) is 21.9 Å². The van der Waals surface area contributed by atoms with Crippen LogP contribution in [0, 0.1) is 5.92 Å². The number of nitrogens with one attached hydrogen (secondary N) is 1. The Labute approximate surface area is 109 Å². The van der Waals surface area contributed by atoms with Gasteiger partial charge in [0.1, 0.15) is 0 Å². The van der Waals surface area contributed by atoms with Crippen molar-refractivity contribution in [2.45, 2.75) is 51.6 Å². The van der Waals surface area contributed by atoms with E-state index in [1.807, 2.05) is 11.3 Å². The van der Waals surface area contributed by atoms with E-state index in [-0.39, 0.29) is 0 Å². The second kappa shape index (κ2) is 6.53. The third kappa shape index (κ3) is 3.54. The largest absolute Gasteiger partial charge is 0.327 e. The van der Waals surface area contributed by atoms with Gasteiger partial charge in [0.25, 0.3) is 0 Å². The molecule has 0 saturated heterocycles. The van der Waals surface area contributed by atoms with Crippen molar-refractivity contribution in [2.24, 2.45) is 11.7 Å². The Hall–Kier alpha value is -0.380. The van der Waals surface area contributed by atoms with Gasteiger partial charge in [-0.05, 0) is 48.7 Å². The maximum atomic E-state index is 6.16. The first-order valence-corrected chi connectivity index (χ1v) is 7.70. The van der Waals surface area contributed by atoms with Gasteiger partial charge in [0.15, 0.2) is 0 Å². The highest BCUT2D eigenvalue weighted by atomic mass is 32.1. The molecule has 1 aromatic heterocycles. The van der Waals surface area contributed by atoms with Crippen LogP contribution in [0.4, 0.5) is 0 Å². The second-order valence-electron chi connectivity index (χ2n) is 5.06. The molecule has 3 heteroatoms. The van der Waals surface area contributed by atoms with E-state index >= 15 is 0 Å². The van der Waals surface area contributed by atoms with E-state index in [0.717, 1.165) is 19.5 Å². The fourth-order valence-electron chi connectivity index (χ4n) is 2.70. The van der Waals surface area contributed by atoms with Crippen molar-refractivity contribution in [3.8, 4) is 0 Å². The van der Waals surface area contributed by atoms with Gasteiger partial charge in [-0.25, -0.2) is 0 Å². The Balaban J connectivity index is 1.75. The molecule has 17 heavy (non-hydrogen) atoms. The van der Waals surface area contributed by atoms with Crippen molar-refractivity contribution in [3.63, 3.8) is 0 Å². The van der Waals surface area contributed by atoms with Crippen molar-refractivity contribution in [2.75, 3.05) is 6.54 Å². The highest BCUT2D eigenvalue weighted by Crippen LogP contribution is 2.22. The van der Waals surface area contributed by atoms with Gasteiger partial charge in [-0.3, -0.25) is 0 Å². The van der Waals surface area contributed by atoms with Crippen molar-refractivity contribution >= 4 is 11.3 Å². The van der Waals surface area contributed by atoms with Crippen LogP contribution >= 0.6 is 11.3 Å². The first-order chi connectivity index (χ1) is 8.31. The summed E-state index contributed by atoms with van der Waals surface area (Å²) in [5.41, 5.74) is 7.65. The molecule has 2 nitrogen and oxygen atoms in total. The van der Waals surface area contributed by atoms with Crippen LogP contribution in [0.15, 0.2) is 11.4 Å². The average Bonchev–Trinajstić information content (AvgIpc) is 2.79. The van der Waals surface area contributed by atoms with E-state index in [9.17, 15) is 0 Å². The van der Waals surface area contributed by atoms with Crippen LogP contribution in [0.5, 0.6) is 0 Å². The fourth-order valence-corrected chi connectivity index (χ4v) is 3.64. The lowest BCUT2D eigenvalue weighted by Crippen LogP contribution is -2.39. The Bertz CT molecular complexity index is 335. The van der Waals surface area contributed by atoms with E-state index in [1.165, 1.54) is 36.1 Å². The lowest BCUT2D eigenvalue weighted by Gasteiger charge is -2.28. The first-order valence-electron chi connectivity index (χ1n) is 6.82. The number of rotatable bonds is 5. The van der Waals surface area contributed by atoms with E-state index in [1.54, 1.807) is 0 Å². The first kappa shape index (κ1) is 13.1. The third-order valence-corrected chi connectivity index (χ3v) is 4.84. The fraction of sp³-hybridized carbons (Fsp3) is 0.714. The summed E-state index contributed by atoms with van der Waals surface area (Å²) in [6.07, 6.45) is 6.34. The molecular formula is C14H24N2S. The predicted molar refractivity (Wildman–Crippen MR) is 75.3 cm³/mol. The molecule has 3 N–H and O–H groups in total. The van der Waals surface area contributed by atoms with Crippen LogP contribution in [0.2, 0.25) is 0 Å². The maximum Gasteiger partial charge on any atom is 0.0302 e. The average molecular weight is 252 g/mol. The smallest absolute Gasteiger partial charge is 0.0302 e. The van der Waals surface area contributed by atoms with Crippen molar-refractivity contribution in [1.29, 1.82) is 0 Å². The zero-order chi connectivity index (χ0) is 12.1. The van der Waals surface area contributed by atoms with Crippen LogP contribution in [0.1, 0.15) is 43.0 Å². The molecule has 0 radical (unpaired) electrons. The summed E-state index contributed by atoms with van der Waals surface area (Å²) in [7, 11) is 0. The van der Waals surface area contributed by atoms with Crippen molar-refractivity contribution in [1.82, 2.24) is 5.32 Å². The van der Waals surface area contributed by atoms with Crippen LogP contribution in [-0.4, -0.2) is 12.6 Å². The van der Waals surface area contributed by atoms with Gasteiger partial charge >= 0.3 is 0 Å². The highest BCUT2D eigenvalue weighted by Gasteiger charge is 2.21. The highest BCUT2D eigenvalue weighted by molar-refractivity contribution is 7.10. The molecule has 1 fully saturated rings. The maximum absolute atomic E-state index is 6.16. The molecule has 0 spiro atoms. The van der Waals surface area contributed by atoms with Crippen molar-refractivity contribution < 1.29 is 0 Å². The molecular weight excluding hydrogens is 228 g/mol. The van der Waals surface area contributed by atoms with E-state index in [4.69, 9.17) is 5.73 Å². The van der Waals surface area contributed by atoms with Gasteiger partial charge in [0, 0.05) is 17.5 Å². The van der Waals surface area contributed by atoms with Crippen LogP contribution in [0.25, 0.3) is 0 Å². The Morgan fingerprint density at radius 1 is 1.41 bits per heavy atom. The van der Waals surface area contributed by atoms with Gasteiger partial charge in [0.2, 0.25) is 0 Å². The lowest BCUT2D eigenvalue weighted by molar-refractivity contribution is 0.296. The van der Waals surface area contributed by atoms with Crippen LogP contribution in [-0.2, 0) is 13.0 Å². The lowest BCUT2D eigenvalue weighted by atomic mass is 9.85. The molecule has 2 rings (SSSR count). The topological polar surface area (TPSA) is 38.0 Å². The van der Waals surface area contributed by atoms with Gasteiger partial charge < -0.3 is 11.1 Å². The molecule has 2 unspecified atom stereocenters. The van der Waals surface area contributed by atoms with E-state index in [2.05, 4.69) is 23.7 Å².